The van der Waals surface area contributed by atoms with Crippen LogP contribution in [0, 0.1) is 0 Å². The Morgan fingerprint density at radius 3 is 2.24 bits per heavy atom. The molecule has 0 N–H and O–H groups in total. The van der Waals surface area contributed by atoms with Crippen LogP contribution in [0.4, 0.5) is 13.2 Å². The lowest BCUT2D eigenvalue weighted by atomic mass is 10.1. The zero-order valence-corrected chi connectivity index (χ0v) is 19.9. The van der Waals surface area contributed by atoms with Crippen LogP contribution in [-0.2, 0) is 6.18 Å². The van der Waals surface area contributed by atoms with Crippen molar-refractivity contribution in [2.24, 2.45) is 0 Å². The highest BCUT2D eigenvalue weighted by atomic mass is 19.4. The molecule has 0 saturated heterocycles. The molecule has 192 valence electrons. The van der Waals surface area contributed by atoms with Crippen LogP contribution in [0.1, 0.15) is 23.0 Å². The maximum atomic E-state index is 13.9. The molecule has 0 amide bonds. The van der Waals surface area contributed by atoms with Crippen molar-refractivity contribution >= 4 is 27.7 Å². The van der Waals surface area contributed by atoms with Crippen molar-refractivity contribution in [3.05, 3.63) is 106 Å². The van der Waals surface area contributed by atoms with Crippen molar-refractivity contribution in [3.8, 4) is 23.0 Å². The molecule has 4 aromatic carbocycles. The summed E-state index contributed by atoms with van der Waals surface area (Å²) in [6, 6.07) is 21.6. The van der Waals surface area contributed by atoms with Crippen molar-refractivity contribution in [2.75, 3.05) is 6.61 Å². The maximum Gasteiger partial charge on any atom is 0.453 e. The predicted molar refractivity (Wildman–Crippen MR) is 134 cm³/mol. The minimum Gasteiger partial charge on any atom is -0.494 e. The van der Waals surface area contributed by atoms with E-state index in [0.717, 1.165) is 16.8 Å². The number of esters is 1. The van der Waals surface area contributed by atoms with Crippen LogP contribution in [0.15, 0.2) is 94.1 Å². The molecule has 0 unspecified atom stereocenters. The molecule has 1 aromatic heterocycles. The number of halogens is 3. The first-order valence-corrected chi connectivity index (χ1v) is 11.5. The lowest BCUT2D eigenvalue weighted by molar-refractivity contribution is -0.154. The quantitative estimate of drug-likeness (QED) is 0.172. The molecule has 6 nitrogen and oxygen atoms in total. The molecule has 5 rings (SSSR count). The first kappa shape index (κ1) is 24.9. The lowest BCUT2D eigenvalue weighted by Crippen LogP contribution is -2.15. The van der Waals surface area contributed by atoms with Gasteiger partial charge in [0.15, 0.2) is 0 Å². The fourth-order valence-electron chi connectivity index (χ4n) is 3.87. The standard InChI is InChI=1S/C29H19F3O6/c1-2-35-20-10-8-18(9-11-20)28(34)37-22-13-14-23-24(16-22)38-27(29(30,31)32)26(25(23)33)36-21-12-7-17-5-3-4-6-19(17)15-21/h3-16H,2H2,1H3. The van der Waals surface area contributed by atoms with Crippen LogP contribution in [0.3, 0.4) is 0 Å². The van der Waals surface area contributed by atoms with Gasteiger partial charge < -0.3 is 18.6 Å². The smallest absolute Gasteiger partial charge is 0.453 e. The molecule has 0 spiro atoms. The summed E-state index contributed by atoms with van der Waals surface area (Å²) in [4.78, 5) is 25.6. The number of rotatable bonds is 6. The van der Waals surface area contributed by atoms with E-state index in [1.807, 2.05) is 19.1 Å². The maximum absolute atomic E-state index is 13.9. The molecule has 0 fully saturated rings. The number of alkyl halides is 3. The third kappa shape index (κ3) is 5.04. The van der Waals surface area contributed by atoms with Crippen LogP contribution in [0.5, 0.6) is 23.0 Å². The van der Waals surface area contributed by atoms with E-state index in [9.17, 15) is 22.8 Å². The van der Waals surface area contributed by atoms with Crippen molar-refractivity contribution in [1.82, 2.24) is 0 Å². The predicted octanol–water partition coefficient (Wildman–Crippen LogP) is 7.38. The normalized spacial score (nSPS) is 11.5. The minimum atomic E-state index is -5.03. The molecule has 0 aliphatic heterocycles. The van der Waals surface area contributed by atoms with Crippen molar-refractivity contribution in [3.63, 3.8) is 0 Å². The van der Waals surface area contributed by atoms with Gasteiger partial charge in [0.25, 0.3) is 5.76 Å². The van der Waals surface area contributed by atoms with E-state index in [2.05, 4.69) is 0 Å². The van der Waals surface area contributed by atoms with Crippen molar-refractivity contribution < 1.29 is 36.6 Å². The van der Waals surface area contributed by atoms with Gasteiger partial charge in [0.2, 0.25) is 11.2 Å². The van der Waals surface area contributed by atoms with Crippen LogP contribution < -0.4 is 19.6 Å². The topological polar surface area (TPSA) is 75.0 Å². The number of carbonyl (C=O) groups excluding carboxylic acids is 1. The van der Waals surface area contributed by atoms with E-state index >= 15 is 0 Å². The third-order valence-electron chi connectivity index (χ3n) is 5.63. The van der Waals surface area contributed by atoms with Gasteiger partial charge in [0, 0.05) is 6.07 Å². The highest BCUT2D eigenvalue weighted by Gasteiger charge is 2.40. The number of fused-ring (bicyclic) bond motifs is 2. The van der Waals surface area contributed by atoms with E-state index in [1.54, 1.807) is 30.3 Å². The van der Waals surface area contributed by atoms with Crippen LogP contribution in [-0.4, -0.2) is 12.6 Å². The molecule has 0 aliphatic carbocycles. The average Bonchev–Trinajstić information content (AvgIpc) is 2.90. The first-order valence-electron chi connectivity index (χ1n) is 11.5. The Kier molecular flexibility index (Phi) is 6.50. The summed E-state index contributed by atoms with van der Waals surface area (Å²) >= 11 is 0. The summed E-state index contributed by atoms with van der Waals surface area (Å²) in [7, 11) is 0. The molecule has 0 atom stereocenters. The van der Waals surface area contributed by atoms with Gasteiger partial charge in [-0.3, -0.25) is 4.79 Å². The second-order valence-corrected chi connectivity index (χ2v) is 8.20. The van der Waals surface area contributed by atoms with E-state index in [-0.39, 0.29) is 22.4 Å². The molecule has 5 aromatic rings. The van der Waals surface area contributed by atoms with Crippen molar-refractivity contribution in [1.29, 1.82) is 0 Å². The Morgan fingerprint density at radius 1 is 0.842 bits per heavy atom. The fourth-order valence-corrected chi connectivity index (χ4v) is 3.87. The number of carbonyl (C=O) groups is 1. The molecular formula is C29H19F3O6. The van der Waals surface area contributed by atoms with E-state index < -0.39 is 34.7 Å². The summed E-state index contributed by atoms with van der Waals surface area (Å²) in [5.41, 5.74) is -1.23. The largest absolute Gasteiger partial charge is 0.494 e. The van der Waals surface area contributed by atoms with E-state index in [0.29, 0.717) is 12.4 Å². The van der Waals surface area contributed by atoms with E-state index in [1.165, 1.54) is 36.4 Å². The number of ether oxygens (including phenoxy) is 3. The number of hydrogen-bond acceptors (Lipinski definition) is 6. The Labute approximate surface area is 213 Å². The monoisotopic (exact) mass is 520 g/mol. The zero-order valence-electron chi connectivity index (χ0n) is 19.9. The van der Waals surface area contributed by atoms with Gasteiger partial charge in [-0.2, -0.15) is 13.2 Å². The van der Waals surface area contributed by atoms with Gasteiger partial charge in [-0.05, 0) is 66.2 Å². The van der Waals surface area contributed by atoms with Gasteiger partial charge in [0.05, 0.1) is 17.6 Å². The molecule has 1 heterocycles. The summed E-state index contributed by atoms with van der Waals surface area (Å²) < 4.78 is 62.9. The molecular weight excluding hydrogens is 501 g/mol. The molecule has 9 heteroatoms. The highest BCUT2D eigenvalue weighted by molar-refractivity contribution is 5.92. The zero-order chi connectivity index (χ0) is 26.9. The molecule has 0 saturated carbocycles. The van der Waals surface area contributed by atoms with Gasteiger partial charge in [0.1, 0.15) is 22.8 Å². The molecule has 0 bridgehead atoms. The average molecular weight is 520 g/mol. The van der Waals surface area contributed by atoms with Gasteiger partial charge in [-0.25, -0.2) is 4.79 Å². The molecule has 0 aliphatic rings. The summed E-state index contributed by atoms with van der Waals surface area (Å²) in [6.45, 7) is 2.28. The third-order valence-corrected chi connectivity index (χ3v) is 5.63. The Hall–Kier alpha value is -4.79. The Bertz CT molecular complexity index is 1700. The van der Waals surface area contributed by atoms with Gasteiger partial charge in [-0.15, -0.1) is 0 Å². The van der Waals surface area contributed by atoms with Crippen LogP contribution in [0.25, 0.3) is 21.7 Å². The SMILES string of the molecule is CCOc1ccc(C(=O)Oc2ccc3c(=O)c(Oc4ccc5ccccc5c4)c(C(F)(F)F)oc3c2)cc1. The Morgan fingerprint density at radius 2 is 1.53 bits per heavy atom. The van der Waals surface area contributed by atoms with Gasteiger partial charge in [-0.1, -0.05) is 30.3 Å². The summed E-state index contributed by atoms with van der Waals surface area (Å²) in [5.74, 6) is -2.82. The molecule has 0 radical (unpaired) electrons. The van der Waals surface area contributed by atoms with Gasteiger partial charge >= 0.3 is 12.1 Å². The number of hydrogen-bond donors (Lipinski definition) is 0. The minimum absolute atomic E-state index is 0.0433. The second kappa shape index (κ2) is 9.93. The van der Waals surface area contributed by atoms with E-state index in [4.69, 9.17) is 18.6 Å². The number of benzene rings is 4. The Balaban J connectivity index is 1.49. The first-order chi connectivity index (χ1) is 18.2. The molecule has 38 heavy (non-hydrogen) atoms. The van der Waals surface area contributed by atoms with Crippen molar-refractivity contribution in [2.45, 2.75) is 13.1 Å². The van der Waals surface area contributed by atoms with Crippen LogP contribution in [0.2, 0.25) is 0 Å². The van der Waals surface area contributed by atoms with Crippen LogP contribution >= 0.6 is 0 Å². The summed E-state index contributed by atoms with van der Waals surface area (Å²) in [5, 5.41) is 1.41. The highest BCUT2D eigenvalue weighted by Crippen LogP contribution is 2.39. The second-order valence-electron chi connectivity index (χ2n) is 8.20. The summed E-state index contributed by atoms with van der Waals surface area (Å²) in [6.07, 6.45) is -5.03. The fraction of sp³-hybridized carbons (Fsp3) is 0.103. The lowest BCUT2D eigenvalue weighted by Gasteiger charge is -2.14.